The van der Waals surface area contributed by atoms with Crippen molar-refractivity contribution in [2.75, 3.05) is 63.9 Å². The number of benzene rings is 1. The summed E-state index contributed by atoms with van der Waals surface area (Å²) in [6.07, 6.45) is 38.1. The summed E-state index contributed by atoms with van der Waals surface area (Å²) in [6, 6.07) is 14.7. The van der Waals surface area contributed by atoms with Crippen LogP contribution in [0.5, 0.6) is 29.8 Å². The lowest BCUT2D eigenvalue weighted by Gasteiger charge is -2.34. The van der Waals surface area contributed by atoms with Crippen molar-refractivity contribution in [3.8, 4) is 29.8 Å². The molecule has 6 aromatic heterocycles. The van der Waals surface area contributed by atoms with E-state index < -0.39 is 10.1 Å². The van der Waals surface area contributed by atoms with Gasteiger partial charge in [0.25, 0.3) is 10.1 Å². The van der Waals surface area contributed by atoms with Gasteiger partial charge in [0.1, 0.15) is 35.7 Å². The van der Waals surface area contributed by atoms with E-state index in [1.165, 1.54) is 0 Å². The number of aromatic nitrogens is 12. The fraction of sp³-hybridized carbons (Fsp3) is 0.582. The lowest BCUT2D eigenvalue weighted by Crippen LogP contribution is -2.38. The van der Waals surface area contributed by atoms with Gasteiger partial charge in [0.2, 0.25) is 5.28 Å². The second-order valence-electron chi connectivity index (χ2n) is 24.4. The van der Waals surface area contributed by atoms with E-state index in [1.807, 2.05) is 0 Å². The molecule has 30 heteroatoms. The minimum atomic E-state index is -3.37. The van der Waals surface area contributed by atoms with Gasteiger partial charge in [0.15, 0.2) is 11.6 Å². The zero-order valence-electron chi connectivity index (χ0n) is 54.7. The highest BCUT2D eigenvalue weighted by atomic mass is 35.5. The normalized spacial score (nSPS) is 24.3. The molecule has 3 saturated heterocycles. The zero-order chi connectivity index (χ0) is 67.4. The second kappa shape index (κ2) is 37.6. The number of rotatable bonds is 13. The van der Waals surface area contributed by atoms with E-state index in [9.17, 15) is 18.6 Å². The van der Waals surface area contributed by atoms with Crippen molar-refractivity contribution in [1.82, 2.24) is 59.8 Å². The first-order chi connectivity index (χ1) is 47.3. The van der Waals surface area contributed by atoms with E-state index >= 15 is 0 Å². The molecule has 2 N–H and O–H groups in total. The van der Waals surface area contributed by atoms with Crippen molar-refractivity contribution in [2.24, 2.45) is 0 Å². The van der Waals surface area contributed by atoms with Crippen LogP contribution >= 0.6 is 11.6 Å². The molecular weight excluding hydrogens is 1290 g/mol. The van der Waals surface area contributed by atoms with Gasteiger partial charge in [-0.05, 0) is 151 Å². The summed E-state index contributed by atoms with van der Waals surface area (Å²) in [5.74, 6) is 0.175. The number of aliphatic hydroxyl groups is 2. The molecule has 8 aliphatic rings. The number of morpholine rings is 1. The molecule has 5 saturated carbocycles. The Morgan fingerprint density at radius 2 is 0.773 bits per heavy atom. The van der Waals surface area contributed by atoms with E-state index in [1.54, 1.807) is 105 Å². The highest BCUT2D eigenvalue weighted by Gasteiger charge is 2.42. The Kier molecular flexibility index (Phi) is 28.1. The maximum Gasteiger partial charge on any atom is 0.316 e. The summed E-state index contributed by atoms with van der Waals surface area (Å²) in [5, 5.41) is 18.8. The molecule has 15 rings (SSSR count). The number of nitrogens with zero attached hydrogens (tertiary/aromatic N) is 13. The number of hydrogen-bond donors (Lipinski definition) is 2. The van der Waals surface area contributed by atoms with Crippen LogP contribution < -0.4 is 28.6 Å². The number of halogens is 1. The van der Waals surface area contributed by atoms with Gasteiger partial charge in [-0.25, -0.2) is 54.8 Å². The van der Waals surface area contributed by atoms with E-state index in [0.717, 1.165) is 184 Å². The molecule has 7 aromatic rings. The third-order valence-electron chi connectivity index (χ3n) is 17.2. The van der Waals surface area contributed by atoms with Crippen LogP contribution in [0.3, 0.4) is 0 Å². The van der Waals surface area contributed by atoms with Gasteiger partial charge in [-0.15, -0.1) is 0 Å². The SMILES string of the molecule is CS(=O)(=O)OC1CCC(Oc2ncccn2)CC1.Clc1ncccn1.OC1CCC(Oc2ncccn2)CC1.OC1CCC2(CC1)OCCO2.c1cnc(OC2CCC(Oc3cc(N4CCOCC4)cc4nccnc34)CC2)nc1.c1cnc(OC2CCC3(CC2)OCCO3)nc1. The summed E-state index contributed by atoms with van der Waals surface area (Å²) in [6.45, 7) is 6.09. The summed E-state index contributed by atoms with van der Waals surface area (Å²) in [4.78, 5) is 51.0. The van der Waals surface area contributed by atoms with E-state index in [-0.39, 0.29) is 60.4 Å². The second-order valence-corrected chi connectivity index (χ2v) is 26.3. The standard InChI is InChI=1S/C22H25N5O3.C12H16N2O3.C11H16N2O4S.C10H14N2O2.C8H14O3.C4H3ClN2/c1-6-25-22(26-7-1)30-18-4-2-17(3-5-18)29-20-15-16(27-10-12-28-13-11-27)14-19-21(20)24-9-8-23-19;1-6-13-11(14-7-1)17-10-2-4-12(5-3-10)15-8-9-16-12;1-18(14,15)17-10-5-3-9(4-6-10)16-11-12-7-2-8-13-11;13-8-2-4-9(5-3-8)14-10-11-6-1-7-12-10;9-7-1-3-8(4-2-7)10-5-6-11-8;5-4-6-2-1-3-7-4/h1,6-9,14-15,17-18H,2-5,10-13H2;1,6-7,10H,2-5,8-9H2;2,7-10H,3-6H2,1H3;1,6-9,13H,2-5H2;7,9H,1-6H2;1-3H. The van der Waals surface area contributed by atoms with Crippen LogP contribution in [0.1, 0.15) is 128 Å². The maximum atomic E-state index is 11.0. The van der Waals surface area contributed by atoms with Gasteiger partial charge >= 0.3 is 24.0 Å². The monoisotopic (exact) mass is 1380 g/mol. The molecule has 0 bridgehead atoms. The zero-order valence-corrected chi connectivity index (χ0v) is 56.3. The fourth-order valence-corrected chi connectivity index (χ4v) is 13.1. The molecule has 0 amide bonds. The minimum absolute atomic E-state index is 0.0341. The number of anilines is 1. The van der Waals surface area contributed by atoms with Crippen molar-refractivity contribution >= 4 is 38.4 Å². The molecule has 9 heterocycles. The summed E-state index contributed by atoms with van der Waals surface area (Å²) in [5.41, 5.74) is 2.78. The molecule has 5 aliphatic carbocycles. The summed E-state index contributed by atoms with van der Waals surface area (Å²) in [7, 11) is -3.37. The minimum Gasteiger partial charge on any atom is -0.488 e. The molecule has 28 nitrogen and oxygen atoms in total. The Hall–Kier alpha value is -7.32. The molecular formula is C67H88ClN13O15S. The number of aliphatic hydroxyl groups excluding tert-OH is 2. The lowest BCUT2D eigenvalue weighted by atomic mass is 9.92. The average molecular weight is 1380 g/mol. The average Bonchev–Trinajstić information content (AvgIpc) is 1.24. The molecule has 1 aromatic carbocycles. The highest BCUT2D eigenvalue weighted by molar-refractivity contribution is 7.86. The lowest BCUT2D eigenvalue weighted by molar-refractivity contribution is -0.187. The molecule has 97 heavy (non-hydrogen) atoms. The Bertz CT molecular complexity index is 3440. The Morgan fingerprint density at radius 3 is 1.18 bits per heavy atom. The van der Waals surface area contributed by atoms with Gasteiger partial charge in [-0.2, -0.15) is 8.42 Å². The first-order valence-electron chi connectivity index (χ1n) is 33.5. The first-order valence-corrected chi connectivity index (χ1v) is 35.7. The van der Waals surface area contributed by atoms with E-state index in [2.05, 4.69) is 76.8 Å². The Labute approximate surface area is 570 Å². The van der Waals surface area contributed by atoms with Gasteiger partial charge < -0.3 is 62.5 Å². The maximum absolute atomic E-state index is 11.0. The van der Waals surface area contributed by atoms with Crippen LogP contribution in [0.2, 0.25) is 5.28 Å². The molecule has 2 spiro atoms. The van der Waals surface area contributed by atoms with E-state index in [0.29, 0.717) is 55.4 Å². The van der Waals surface area contributed by atoms with E-state index in [4.69, 9.17) is 63.2 Å². The number of fused-ring (bicyclic) bond motifs is 1. The Morgan fingerprint density at radius 1 is 0.423 bits per heavy atom. The quantitative estimate of drug-likeness (QED) is 0.0805. The number of hydrogen-bond acceptors (Lipinski definition) is 28. The largest absolute Gasteiger partial charge is 0.488 e. The van der Waals surface area contributed by atoms with Crippen LogP contribution in [-0.2, 0) is 38.0 Å². The smallest absolute Gasteiger partial charge is 0.316 e. The van der Waals surface area contributed by atoms with Crippen molar-refractivity contribution in [1.29, 1.82) is 0 Å². The van der Waals surface area contributed by atoms with Gasteiger partial charge in [0.05, 0.1) is 75.8 Å². The summed E-state index contributed by atoms with van der Waals surface area (Å²) >= 11 is 5.32. The number of ether oxygens (including phenoxy) is 10. The van der Waals surface area contributed by atoms with Crippen LogP contribution in [0.4, 0.5) is 5.69 Å². The molecule has 0 unspecified atom stereocenters. The van der Waals surface area contributed by atoms with Crippen LogP contribution in [0.15, 0.2) is 117 Å². The molecule has 8 fully saturated rings. The first kappa shape index (κ1) is 72.4. The molecule has 0 radical (unpaired) electrons. The van der Waals surface area contributed by atoms with Crippen molar-refractivity contribution in [2.45, 2.75) is 189 Å². The molecule has 3 aliphatic heterocycles. The Balaban J connectivity index is 0.000000133. The van der Waals surface area contributed by atoms with Crippen LogP contribution in [-0.4, -0.2) is 198 Å². The van der Waals surface area contributed by atoms with Crippen molar-refractivity contribution < 1.29 is 70.2 Å². The van der Waals surface area contributed by atoms with Gasteiger partial charge in [-0.3, -0.25) is 9.17 Å². The topological polar surface area (TPSA) is 334 Å². The summed E-state index contributed by atoms with van der Waals surface area (Å²) < 4.78 is 84.0. The third kappa shape index (κ3) is 24.6. The van der Waals surface area contributed by atoms with Gasteiger partial charge in [0, 0.05) is 125 Å². The predicted octanol–water partition coefficient (Wildman–Crippen LogP) is 8.66. The highest BCUT2D eigenvalue weighted by Crippen LogP contribution is 2.38. The third-order valence-corrected chi connectivity index (χ3v) is 18.0. The van der Waals surface area contributed by atoms with Crippen LogP contribution in [0.25, 0.3) is 11.0 Å². The van der Waals surface area contributed by atoms with Crippen molar-refractivity contribution in [3.05, 3.63) is 122 Å². The van der Waals surface area contributed by atoms with Crippen LogP contribution in [0, 0.1) is 0 Å². The fourth-order valence-electron chi connectivity index (χ4n) is 12.3. The predicted molar refractivity (Wildman–Crippen MR) is 353 cm³/mol. The molecule has 0 atom stereocenters. The van der Waals surface area contributed by atoms with Crippen molar-refractivity contribution in [3.63, 3.8) is 0 Å². The molecule has 524 valence electrons. The van der Waals surface area contributed by atoms with Gasteiger partial charge in [-0.1, -0.05) is 0 Å².